The first kappa shape index (κ1) is 39.2. The summed E-state index contributed by atoms with van der Waals surface area (Å²) in [5.74, 6) is -3.22. The molecule has 0 bridgehead atoms. The smallest absolute Gasteiger partial charge is 0.416 e. The number of amides is 2. The van der Waals surface area contributed by atoms with Gasteiger partial charge in [-0.2, -0.15) is 34.8 Å². The zero-order valence-corrected chi connectivity index (χ0v) is 28.0. The minimum absolute atomic E-state index is 0.0741. The van der Waals surface area contributed by atoms with Crippen LogP contribution in [0.1, 0.15) is 63.6 Å². The summed E-state index contributed by atoms with van der Waals surface area (Å²) in [7, 11) is -4.45. The van der Waals surface area contributed by atoms with E-state index in [2.05, 4.69) is 10.1 Å². The van der Waals surface area contributed by atoms with Gasteiger partial charge in [0.15, 0.2) is 0 Å². The Morgan fingerprint density at radius 2 is 1.52 bits per heavy atom. The van der Waals surface area contributed by atoms with Crippen LogP contribution in [0, 0.1) is 12.3 Å². The van der Waals surface area contributed by atoms with E-state index in [1.165, 1.54) is 24.3 Å². The van der Waals surface area contributed by atoms with Crippen molar-refractivity contribution >= 4 is 50.7 Å². The Hall–Kier alpha value is -5.63. The van der Waals surface area contributed by atoms with E-state index in [0.29, 0.717) is 23.0 Å². The number of esters is 1. The molecule has 1 aromatic heterocycles. The summed E-state index contributed by atoms with van der Waals surface area (Å²) in [5.41, 5.74) is -1.79. The summed E-state index contributed by atoms with van der Waals surface area (Å²) in [6, 6.07) is 7.60. The number of aryl methyl sites for hydroxylation is 2. The number of hydrogen-bond donors (Lipinski definition) is 5. The van der Waals surface area contributed by atoms with Gasteiger partial charge in [0.25, 0.3) is 16.1 Å². The summed E-state index contributed by atoms with van der Waals surface area (Å²) >= 11 is 0. The summed E-state index contributed by atoms with van der Waals surface area (Å²) in [6.07, 6.45) is -11.6. The van der Waals surface area contributed by atoms with Gasteiger partial charge in [-0.3, -0.25) is 15.5 Å². The molecule has 0 saturated carbocycles. The fraction of sp³-hybridized carbons (Fsp3) is 0.250. The number of carbonyl (C=O) groups excluding carboxylic acids is 3. The van der Waals surface area contributed by atoms with Crippen LogP contribution in [-0.2, 0) is 43.3 Å². The molecule has 0 aliphatic heterocycles. The molecular formula is C32H29F6N5O8S. The van der Waals surface area contributed by atoms with Gasteiger partial charge >= 0.3 is 24.4 Å². The fourth-order valence-electron chi connectivity index (χ4n) is 4.85. The number of fused-ring (bicyclic) bond motifs is 1. The van der Waals surface area contributed by atoms with E-state index < -0.39 is 75.4 Å². The Morgan fingerprint density at radius 3 is 2.06 bits per heavy atom. The zero-order chi connectivity index (χ0) is 38.8. The first-order valence-corrected chi connectivity index (χ1v) is 16.4. The molecule has 0 radical (unpaired) electrons. The first-order valence-electron chi connectivity index (χ1n) is 14.8. The lowest BCUT2D eigenvalue weighted by atomic mass is 9.98. The molecule has 0 aliphatic rings. The van der Waals surface area contributed by atoms with Crippen molar-refractivity contribution in [2.24, 2.45) is 5.14 Å². The number of nitrogens with two attached hydrogens (primary N) is 1. The van der Waals surface area contributed by atoms with Crippen molar-refractivity contribution in [2.75, 3.05) is 5.32 Å². The van der Waals surface area contributed by atoms with Crippen LogP contribution >= 0.6 is 0 Å². The predicted octanol–water partition coefficient (Wildman–Crippen LogP) is 6.07. The van der Waals surface area contributed by atoms with E-state index in [4.69, 9.17) is 19.7 Å². The first-order chi connectivity index (χ1) is 24.0. The molecular weight excluding hydrogens is 728 g/mol. The molecule has 2 amide bonds. The minimum Gasteiger partial charge on any atom is -0.464 e. The van der Waals surface area contributed by atoms with Gasteiger partial charge in [0, 0.05) is 23.6 Å². The maximum Gasteiger partial charge on any atom is 0.416 e. The zero-order valence-electron chi connectivity index (χ0n) is 27.2. The SMILES string of the molecule is CCc1cc(C(Nc2ccc(C(=N)NC(=O)OC(C)OC(=O)c3cc(C(F)(F)F)cc(C(F)(F)F)c3)cc2)C(=O)NS(N)(=O)=O)cc2c(C)coc12. The van der Waals surface area contributed by atoms with Gasteiger partial charge in [0.2, 0.25) is 6.29 Å². The van der Waals surface area contributed by atoms with E-state index in [0.717, 1.165) is 18.1 Å². The van der Waals surface area contributed by atoms with Gasteiger partial charge in [-0.05, 0) is 84.6 Å². The molecule has 2 atom stereocenters. The van der Waals surface area contributed by atoms with Gasteiger partial charge in [-0.1, -0.05) is 6.92 Å². The quantitative estimate of drug-likeness (QED) is 0.0418. The number of benzene rings is 3. The van der Waals surface area contributed by atoms with Crippen molar-refractivity contribution in [2.45, 2.75) is 51.9 Å². The van der Waals surface area contributed by atoms with Gasteiger partial charge in [-0.15, -0.1) is 0 Å². The number of hydrogen-bond acceptors (Lipinski definition) is 10. The van der Waals surface area contributed by atoms with E-state index in [1.54, 1.807) is 30.0 Å². The van der Waals surface area contributed by atoms with Crippen LogP contribution in [-0.4, -0.2) is 38.5 Å². The number of anilines is 1. The highest BCUT2D eigenvalue weighted by Crippen LogP contribution is 2.37. The molecule has 2 unspecified atom stereocenters. The molecule has 52 heavy (non-hydrogen) atoms. The fourth-order valence-corrected chi connectivity index (χ4v) is 5.25. The van der Waals surface area contributed by atoms with Crippen molar-refractivity contribution in [3.05, 3.63) is 99.8 Å². The van der Waals surface area contributed by atoms with E-state index in [1.807, 2.05) is 12.2 Å². The van der Waals surface area contributed by atoms with Crippen molar-refractivity contribution in [1.29, 1.82) is 5.41 Å². The highest BCUT2D eigenvalue weighted by atomic mass is 32.2. The second kappa shape index (κ2) is 14.9. The van der Waals surface area contributed by atoms with Crippen LogP contribution in [0.15, 0.2) is 65.3 Å². The topological polar surface area (TPSA) is 203 Å². The van der Waals surface area contributed by atoms with E-state index in [9.17, 15) is 49.1 Å². The summed E-state index contributed by atoms with van der Waals surface area (Å²) in [5, 5.41) is 18.9. The molecule has 0 aliphatic carbocycles. The molecule has 4 aromatic rings. The van der Waals surface area contributed by atoms with Gasteiger partial charge in [-0.25, -0.2) is 19.5 Å². The monoisotopic (exact) mass is 757 g/mol. The lowest BCUT2D eigenvalue weighted by Gasteiger charge is -2.21. The van der Waals surface area contributed by atoms with Crippen LogP contribution in [0.4, 0.5) is 36.8 Å². The number of ether oxygens (including phenoxy) is 2. The Bertz CT molecular complexity index is 2100. The van der Waals surface area contributed by atoms with Crippen LogP contribution < -0.4 is 20.5 Å². The van der Waals surface area contributed by atoms with E-state index in [-0.39, 0.29) is 29.4 Å². The number of carbonyl (C=O) groups is 3. The Labute approximate surface area is 291 Å². The average molecular weight is 758 g/mol. The lowest BCUT2D eigenvalue weighted by molar-refractivity contribution is -0.143. The normalized spacial score (nSPS) is 13.2. The number of nitrogens with one attached hydrogen (secondary N) is 4. The van der Waals surface area contributed by atoms with Crippen molar-refractivity contribution in [1.82, 2.24) is 10.0 Å². The molecule has 0 spiro atoms. The third-order valence-electron chi connectivity index (χ3n) is 7.27. The van der Waals surface area contributed by atoms with Crippen molar-refractivity contribution < 1.29 is 63.0 Å². The average Bonchev–Trinajstić information content (AvgIpc) is 3.41. The second-order valence-corrected chi connectivity index (χ2v) is 12.5. The predicted molar refractivity (Wildman–Crippen MR) is 172 cm³/mol. The largest absolute Gasteiger partial charge is 0.464 e. The summed E-state index contributed by atoms with van der Waals surface area (Å²) < 4.78 is 119. The van der Waals surface area contributed by atoms with E-state index >= 15 is 0 Å². The van der Waals surface area contributed by atoms with Gasteiger partial charge < -0.3 is 19.2 Å². The molecule has 6 N–H and O–H groups in total. The van der Waals surface area contributed by atoms with Crippen LogP contribution in [0.2, 0.25) is 0 Å². The van der Waals surface area contributed by atoms with Crippen LogP contribution in [0.3, 0.4) is 0 Å². The molecule has 278 valence electrons. The van der Waals surface area contributed by atoms with Crippen LogP contribution in [0.25, 0.3) is 11.0 Å². The summed E-state index contributed by atoms with van der Waals surface area (Å²) in [6.45, 7) is 4.62. The minimum atomic E-state index is -5.22. The molecule has 0 saturated heterocycles. The van der Waals surface area contributed by atoms with Crippen molar-refractivity contribution in [3.8, 4) is 0 Å². The van der Waals surface area contributed by atoms with Crippen LogP contribution in [0.5, 0.6) is 0 Å². The molecule has 13 nitrogen and oxygen atoms in total. The molecule has 0 fully saturated rings. The molecule has 4 rings (SSSR count). The third kappa shape index (κ3) is 9.78. The third-order valence-corrected chi connectivity index (χ3v) is 7.75. The Morgan fingerprint density at radius 1 is 0.923 bits per heavy atom. The number of alkyl carbamates (subject to hydrolysis) is 1. The molecule has 1 heterocycles. The maximum absolute atomic E-state index is 13.1. The van der Waals surface area contributed by atoms with Gasteiger partial charge in [0.05, 0.1) is 23.0 Å². The maximum atomic E-state index is 13.1. The number of rotatable bonds is 10. The number of alkyl halides is 6. The highest BCUT2D eigenvalue weighted by molar-refractivity contribution is 7.87. The highest BCUT2D eigenvalue weighted by Gasteiger charge is 2.38. The second-order valence-electron chi connectivity index (χ2n) is 11.2. The Kier molecular flexibility index (Phi) is 11.2. The number of amidine groups is 1. The molecule has 3 aromatic carbocycles. The lowest BCUT2D eigenvalue weighted by Crippen LogP contribution is -2.41. The van der Waals surface area contributed by atoms with Crippen molar-refractivity contribution in [3.63, 3.8) is 0 Å². The van der Waals surface area contributed by atoms with Gasteiger partial charge in [0.1, 0.15) is 17.5 Å². The number of halogens is 6. The Balaban J connectivity index is 1.44. The standard InChI is InChI=1S/C32H29F6N5O8S/c1-4-17-9-19(12-24-15(2)14-49-26(17)24)25(28(44)43-52(40,47)48)41-23-7-5-18(6-8-23)27(39)42-30(46)51-16(3)50-29(45)20-10-21(31(33,34)35)13-22(11-20)32(36,37)38/h5-14,16,25,41H,4H2,1-3H3,(H,43,44)(H2,39,42,46)(H2,40,47,48). The summed E-state index contributed by atoms with van der Waals surface area (Å²) in [4.78, 5) is 37.8. The molecule has 20 heteroatoms. The number of furan rings is 1.